The first-order valence-corrected chi connectivity index (χ1v) is 7.12. The van der Waals surface area contributed by atoms with Gasteiger partial charge in [-0.2, -0.15) is 0 Å². The maximum Gasteiger partial charge on any atom is 0.120 e. The molecule has 0 fully saturated rings. The lowest BCUT2D eigenvalue weighted by Crippen LogP contribution is -2.21. The van der Waals surface area contributed by atoms with Crippen molar-refractivity contribution in [3.63, 3.8) is 0 Å². The van der Waals surface area contributed by atoms with Crippen molar-refractivity contribution in [2.75, 3.05) is 13.2 Å². The van der Waals surface area contributed by atoms with Gasteiger partial charge in [0.15, 0.2) is 0 Å². The summed E-state index contributed by atoms with van der Waals surface area (Å²) >= 11 is 0. The van der Waals surface area contributed by atoms with Gasteiger partial charge in [-0.25, -0.2) is 0 Å². The highest BCUT2D eigenvalue weighted by atomic mass is 16.5. The lowest BCUT2D eigenvalue weighted by Gasteiger charge is -2.16. The molecule has 2 rings (SSSR count). The van der Waals surface area contributed by atoms with Crippen molar-refractivity contribution in [2.24, 2.45) is 0 Å². The van der Waals surface area contributed by atoms with Gasteiger partial charge >= 0.3 is 0 Å². The maximum absolute atomic E-state index is 9.35. The average Bonchev–Trinajstić information content (AvgIpc) is 2.46. The molecule has 0 aliphatic rings. The summed E-state index contributed by atoms with van der Waals surface area (Å²) < 4.78 is 5.53. The van der Waals surface area contributed by atoms with Crippen LogP contribution in [0.3, 0.4) is 0 Å². The number of benzene rings is 2. The van der Waals surface area contributed by atoms with E-state index in [1.807, 2.05) is 24.3 Å². The van der Waals surface area contributed by atoms with E-state index in [9.17, 15) is 5.11 Å². The Balaban J connectivity index is 2.32. The van der Waals surface area contributed by atoms with Crippen LogP contribution in [-0.2, 0) is 0 Å². The molecule has 0 aromatic heterocycles. The zero-order valence-corrected chi connectivity index (χ0v) is 12.8. The van der Waals surface area contributed by atoms with Crippen molar-refractivity contribution in [2.45, 2.75) is 26.9 Å². The summed E-state index contributed by atoms with van der Waals surface area (Å²) in [5.74, 6) is 0.717. The Morgan fingerprint density at radius 3 is 2.19 bits per heavy atom. The number of aryl methyl sites for hydroxylation is 3. The Morgan fingerprint density at radius 2 is 1.62 bits per heavy atom. The molecule has 2 aromatic carbocycles. The van der Waals surface area contributed by atoms with Crippen LogP contribution in [0, 0.1) is 20.8 Å². The topological polar surface area (TPSA) is 49.7 Å². The zero-order chi connectivity index (χ0) is 15.4. The number of aliphatic hydroxyl groups is 2. The quantitative estimate of drug-likeness (QED) is 0.888. The Labute approximate surface area is 125 Å². The molecule has 21 heavy (non-hydrogen) atoms. The fourth-order valence-electron chi connectivity index (χ4n) is 2.53. The van der Waals surface area contributed by atoms with E-state index in [4.69, 9.17) is 9.84 Å². The second-order valence-corrected chi connectivity index (χ2v) is 5.39. The van der Waals surface area contributed by atoms with Gasteiger partial charge in [-0.3, -0.25) is 0 Å². The Kier molecular flexibility index (Phi) is 4.99. The predicted molar refractivity (Wildman–Crippen MR) is 84.7 cm³/mol. The van der Waals surface area contributed by atoms with Gasteiger partial charge in [-0.15, -0.1) is 0 Å². The third-order valence-electron chi connectivity index (χ3n) is 3.57. The average molecular weight is 286 g/mol. The molecule has 2 aromatic rings. The van der Waals surface area contributed by atoms with E-state index in [1.54, 1.807) is 0 Å². The smallest absolute Gasteiger partial charge is 0.120 e. The van der Waals surface area contributed by atoms with E-state index < -0.39 is 6.10 Å². The molecule has 0 heterocycles. The molecule has 0 unspecified atom stereocenters. The SMILES string of the molecule is Cc1ccccc1-c1c(C)cc(OC[C@H](O)CO)cc1C. The highest BCUT2D eigenvalue weighted by Gasteiger charge is 2.11. The monoisotopic (exact) mass is 286 g/mol. The summed E-state index contributed by atoms with van der Waals surface area (Å²) in [6.45, 7) is 6.03. The fourth-order valence-corrected chi connectivity index (χ4v) is 2.53. The molecule has 3 heteroatoms. The summed E-state index contributed by atoms with van der Waals surface area (Å²) in [7, 11) is 0. The van der Waals surface area contributed by atoms with Crippen molar-refractivity contribution in [3.05, 3.63) is 53.1 Å². The molecule has 0 radical (unpaired) electrons. The van der Waals surface area contributed by atoms with E-state index in [0.29, 0.717) is 0 Å². The van der Waals surface area contributed by atoms with Crippen LogP contribution in [0.25, 0.3) is 11.1 Å². The van der Waals surface area contributed by atoms with Crippen LogP contribution in [-0.4, -0.2) is 29.5 Å². The number of hydrogen-bond acceptors (Lipinski definition) is 3. The largest absolute Gasteiger partial charge is 0.491 e. The first-order chi connectivity index (χ1) is 10.0. The van der Waals surface area contributed by atoms with E-state index in [2.05, 4.69) is 32.9 Å². The van der Waals surface area contributed by atoms with Gasteiger partial charge in [0.2, 0.25) is 0 Å². The predicted octanol–water partition coefficient (Wildman–Crippen LogP) is 3.01. The summed E-state index contributed by atoms with van der Waals surface area (Å²) in [5, 5.41) is 18.2. The van der Waals surface area contributed by atoms with Crippen molar-refractivity contribution in [1.82, 2.24) is 0 Å². The molecule has 0 aliphatic carbocycles. The van der Waals surface area contributed by atoms with Gasteiger partial charge in [-0.05, 0) is 60.7 Å². The minimum Gasteiger partial charge on any atom is -0.491 e. The normalized spacial score (nSPS) is 12.2. The van der Waals surface area contributed by atoms with E-state index >= 15 is 0 Å². The molecule has 2 N–H and O–H groups in total. The molecular weight excluding hydrogens is 264 g/mol. The van der Waals surface area contributed by atoms with Crippen LogP contribution in [0.15, 0.2) is 36.4 Å². The number of aliphatic hydroxyl groups excluding tert-OH is 2. The van der Waals surface area contributed by atoms with Gasteiger partial charge < -0.3 is 14.9 Å². The van der Waals surface area contributed by atoms with Gasteiger partial charge in [-0.1, -0.05) is 24.3 Å². The number of hydrogen-bond donors (Lipinski definition) is 2. The highest BCUT2D eigenvalue weighted by molar-refractivity contribution is 5.74. The zero-order valence-electron chi connectivity index (χ0n) is 12.8. The molecular formula is C18H22O3. The highest BCUT2D eigenvalue weighted by Crippen LogP contribution is 2.32. The van der Waals surface area contributed by atoms with Gasteiger partial charge in [0.1, 0.15) is 18.5 Å². The summed E-state index contributed by atoms with van der Waals surface area (Å²) in [6, 6.07) is 12.3. The Bertz CT molecular complexity index is 597. The number of ether oxygens (including phenoxy) is 1. The lowest BCUT2D eigenvalue weighted by atomic mass is 9.92. The Morgan fingerprint density at radius 1 is 1.00 bits per heavy atom. The van der Waals surface area contributed by atoms with E-state index in [0.717, 1.165) is 16.9 Å². The second kappa shape index (κ2) is 6.74. The van der Waals surface area contributed by atoms with Crippen molar-refractivity contribution in [1.29, 1.82) is 0 Å². The van der Waals surface area contributed by atoms with Crippen LogP contribution in [0.5, 0.6) is 5.75 Å². The van der Waals surface area contributed by atoms with Gasteiger partial charge in [0, 0.05) is 0 Å². The first-order valence-electron chi connectivity index (χ1n) is 7.12. The second-order valence-electron chi connectivity index (χ2n) is 5.39. The third kappa shape index (κ3) is 3.63. The first kappa shape index (κ1) is 15.5. The summed E-state index contributed by atoms with van der Waals surface area (Å²) in [4.78, 5) is 0. The Hall–Kier alpha value is -1.84. The van der Waals surface area contributed by atoms with E-state index in [-0.39, 0.29) is 13.2 Å². The molecule has 112 valence electrons. The molecule has 0 saturated heterocycles. The van der Waals surface area contributed by atoms with Crippen LogP contribution in [0.1, 0.15) is 16.7 Å². The van der Waals surface area contributed by atoms with Crippen LogP contribution in [0.2, 0.25) is 0 Å². The fraction of sp³-hybridized carbons (Fsp3) is 0.333. The van der Waals surface area contributed by atoms with Crippen molar-refractivity contribution >= 4 is 0 Å². The van der Waals surface area contributed by atoms with Gasteiger partial charge in [0.25, 0.3) is 0 Å². The standard InChI is InChI=1S/C18H22O3/c1-12-6-4-5-7-17(12)18-13(2)8-16(9-14(18)3)21-11-15(20)10-19/h4-9,15,19-20H,10-11H2,1-3H3/t15-/m1/s1. The maximum atomic E-state index is 9.35. The summed E-state index contributed by atoms with van der Waals surface area (Å²) in [5.41, 5.74) is 5.97. The molecule has 0 aliphatic heterocycles. The van der Waals surface area contributed by atoms with Crippen molar-refractivity contribution in [3.8, 4) is 16.9 Å². The van der Waals surface area contributed by atoms with Crippen LogP contribution >= 0.6 is 0 Å². The van der Waals surface area contributed by atoms with Crippen LogP contribution < -0.4 is 4.74 Å². The third-order valence-corrected chi connectivity index (χ3v) is 3.57. The van der Waals surface area contributed by atoms with Gasteiger partial charge in [0.05, 0.1) is 6.61 Å². The molecule has 0 saturated carbocycles. The van der Waals surface area contributed by atoms with Crippen molar-refractivity contribution < 1.29 is 14.9 Å². The minimum atomic E-state index is -0.846. The molecule has 0 spiro atoms. The molecule has 1 atom stereocenters. The molecule has 0 amide bonds. The van der Waals surface area contributed by atoms with E-state index in [1.165, 1.54) is 16.7 Å². The van der Waals surface area contributed by atoms with Crippen LogP contribution in [0.4, 0.5) is 0 Å². The molecule has 3 nitrogen and oxygen atoms in total. The minimum absolute atomic E-state index is 0.0963. The molecule has 0 bridgehead atoms. The summed E-state index contributed by atoms with van der Waals surface area (Å²) in [6.07, 6.45) is -0.846. The lowest BCUT2D eigenvalue weighted by molar-refractivity contribution is 0.0536. The number of rotatable bonds is 5.